The first-order valence-electron chi connectivity index (χ1n) is 7.73. The van der Waals surface area contributed by atoms with Gasteiger partial charge in [-0.25, -0.2) is 0 Å². The summed E-state index contributed by atoms with van der Waals surface area (Å²) in [6.07, 6.45) is 2.31. The van der Waals surface area contributed by atoms with Crippen LogP contribution in [0, 0.1) is 5.41 Å². The minimum atomic E-state index is -1.12. The molecule has 2 amide bonds. The van der Waals surface area contributed by atoms with Gasteiger partial charge in [0.1, 0.15) is 0 Å². The quantitative estimate of drug-likeness (QED) is 0.874. The Morgan fingerprint density at radius 1 is 1.30 bits per heavy atom. The zero-order valence-corrected chi connectivity index (χ0v) is 13.5. The first-order chi connectivity index (χ1) is 10.8. The second-order valence-electron chi connectivity index (χ2n) is 6.47. The van der Waals surface area contributed by atoms with Gasteiger partial charge in [0.2, 0.25) is 11.8 Å². The maximum Gasteiger partial charge on any atom is 0.309 e. The van der Waals surface area contributed by atoms with Crippen LogP contribution in [0.2, 0.25) is 0 Å². The number of piperidine rings is 1. The molecule has 0 spiro atoms. The minimum Gasteiger partial charge on any atom is -0.481 e. The molecule has 0 radical (unpaired) electrons. The lowest BCUT2D eigenvalue weighted by Gasteiger charge is -2.27. The second kappa shape index (κ2) is 6.81. The minimum absolute atomic E-state index is 0.0896. The first kappa shape index (κ1) is 17.0. The van der Waals surface area contributed by atoms with E-state index in [0.29, 0.717) is 18.7 Å². The maximum atomic E-state index is 12.0. The number of carboxylic acids is 1. The molecule has 23 heavy (non-hydrogen) atoms. The van der Waals surface area contributed by atoms with Crippen LogP contribution in [0.25, 0.3) is 0 Å². The Kier molecular flexibility index (Phi) is 5.03. The molecule has 1 saturated heterocycles. The van der Waals surface area contributed by atoms with E-state index in [1.165, 1.54) is 13.8 Å². The molecule has 1 heterocycles. The molecule has 1 aliphatic heterocycles. The molecule has 0 unspecified atom stereocenters. The zero-order chi connectivity index (χ0) is 17.0. The number of carbonyl (C=O) groups is 3. The van der Waals surface area contributed by atoms with Crippen molar-refractivity contribution in [2.75, 3.05) is 16.8 Å². The summed E-state index contributed by atoms with van der Waals surface area (Å²) in [5, 5.41) is 11.8. The molecule has 1 aromatic carbocycles. The third-order valence-corrected chi connectivity index (χ3v) is 3.95. The predicted octanol–water partition coefficient (Wildman–Crippen LogP) is 2.64. The number of carboxylic acid groups (broad SMARTS) is 1. The van der Waals surface area contributed by atoms with E-state index in [1.54, 1.807) is 23.1 Å². The standard InChI is InChI=1S/C17H22N2O4/c1-17(2,16(22)23)11-14(20)18-12-6-5-7-13(10-12)19-9-4-3-8-15(19)21/h5-7,10H,3-4,8-9,11H2,1-2H3,(H,18,20)(H,22,23). The van der Waals surface area contributed by atoms with Gasteiger partial charge < -0.3 is 15.3 Å². The maximum absolute atomic E-state index is 12.0. The third-order valence-electron chi connectivity index (χ3n) is 3.95. The van der Waals surface area contributed by atoms with E-state index in [2.05, 4.69) is 5.32 Å². The molecule has 0 atom stereocenters. The van der Waals surface area contributed by atoms with Crippen molar-refractivity contribution in [3.8, 4) is 0 Å². The Labute approximate surface area is 135 Å². The summed E-state index contributed by atoms with van der Waals surface area (Å²) in [6.45, 7) is 3.71. The van der Waals surface area contributed by atoms with Gasteiger partial charge in [0, 0.05) is 30.8 Å². The van der Waals surface area contributed by atoms with Gasteiger partial charge in [-0.2, -0.15) is 0 Å². The van der Waals surface area contributed by atoms with Crippen molar-refractivity contribution in [1.82, 2.24) is 0 Å². The average Bonchev–Trinajstić information content (AvgIpc) is 2.47. The number of anilines is 2. The average molecular weight is 318 g/mol. The lowest BCUT2D eigenvalue weighted by Crippen LogP contribution is -2.35. The zero-order valence-electron chi connectivity index (χ0n) is 13.5. The van der Waals surface area contributed by atoms with Crippen molar-refractivity contribution in [3.05, 3.63) is 24.3 Å². The lowest BCUT2D eigenvalue weighted by molar-refractivity contribution is -0.149. The van der Waals surface area contributed by atoms with Gasteiger partial charge in [-0.15, -0.1) is 0 Å². The molecule has 0 saturated carbocycles. The predicted molar refractivity (Wildman–Crippen MR) is 87.3 cm³/mol. The highest BCUT2D eigenvalue weighted by atomic mass is 16.4. The number of nitrogens with one attached hydrogen (secondary N) is 1. The smallest absolute Gasteiger partial charge is 0.309 e. The molecule has 6 heteroatoms. The summed E-state index contributed by atoms with van der Waals surface area (Å²) in [4.78, 5) is 36.8. The molecule has 1 aliphatic rings. The highest BCUT2D eigenvalue weighted by molar-refractivity contribution is 5.97. The molecule has 1 fully saturated rings. The molecule has 0 aromatic heterocycles. The number of nitrogens with zero attached hydrogens (tertiary/aromatic N) is 1. The van der Waals surface area contributed by atoms with Gasteiger partial charge >= 0.3 is 5.97 Å². The molecule has 1 aromatic rings. The SMILES string of the molecule is CC(C)(CC(=O)Nc1cccc(N2CCCCC2=O)c1)C(=O)O. The van der Waals surface area contributed by atoms with Crippen LogP contribution in [0.15, 0.2) is 24.3 Å². The Hall–Kier alpha value is -2.37. The third kappa shape index (κ3) is 4.31. The number of benzene rings is 1. The van der Waals surface area contributed by atoms with Crippen LogP contribution in [0.4, 0.5) is 11.4 Å². The fourth-order valence-electron chi connectivity index (χ4n) is 2.51. The van der Waals surface area contributed by atoms with E-state index >= 15 is 0 Å². The van der Waals surface area contributed by atoms with Crippen LogP contribution in [0.1, 0.15) is 39.5 Å². The van der Waals surface area contributed by atoms with Crippen LogP contribution in [-0.4, -0.2) is 29.4 Å². The van der Waals surface area contributed by atoms with Crippen LogP contribution < -0.4 is 10.2 Å². The van der Waals surface area contributed by atoms with Gasteiger partial charge in [0.25, 0.3) is 0 Å². The molecule has 2 N–H and O–H groups in total. The normalized spacial score (nSPS) is 15.4. The van der Waals surface area contributed by atoms with Crippen molar-refractivity contribution >= 4 is 29.2 Å². The Morgan fingerprint density at radius 2 is 2.04 bits per heavy atom. The first-order valence-corrected chi connectivity index (χ1v) is 7.73. The number of carbonyl (C=O) groups excluding carboxylic acids is 2. The van der Waals surface area contributed by atoms with Crippen LogP contribution >= 0.6 is 0 Å². The topological polar surface area (TPSA) is 86.7 Å². The van der Waals surface area contributed by atoms with Gasteiger partial charge in [-0.05, 0) is 44.9 Å². The van der Waals surface area contributed by atoms with Crippen molar-refractivity contribution in [2.24, 2.45) is 5.41 Å². The van der Waals surface area contributed by atoms with Crippen molar-refractivity contribution < 1.29 is 19.5 Å². The number of hydrogen-bond acceptors (Lipinski definition) is 3. The van der Waals surface area contributed by atoms with Crippen LogP contribution in [0.3, 0.4) is 0 Å². The Bertz CT molecular complexity index is 625. The molecule has 2 rings (SSSR count). The van der Waals surface area contributed by atoms with E-state index < -0.39 is 11.4 Å². The Morgan fingerprint density at radius 3 is 2.70 bits per heavy atom. The van der Waals surface area contributed by atoms with Crippen molar-refractivity contribution in [1.29, 1.82) is 0 Å². The monoisotopic (exact) mass is 318 g/mol. The van der Waals surface area contributed by atoms with E-state index in [9.17, 15) is 14.4 Å². The number of rotatable bonds is 5. The summed E-state index contributed by atoms with van der Waals surface area (Å²) >= 11 is 0. The number of hydrogen-bond donors (Lipinski definition) is 2. The fourth-order valence-corrected chi connectivity index (χ4v) is 2.51. The van der Waals surface area contributed by atoms with Crippen molar-refractivity contribution in [3.63, 3.8) is 0 Å². The summed E-state index contributed by atoms with van der Waals surface area (Å²) in [5.74, 6) is -1.29. The van der Waals surface area contributed by atoms with Gasteiger partial charge in [0.05, 0.1) is 5.41 Å². The molecule has 6 nitrogen and oxygen atoms in total. The number of aliphatic carboxylic acids is 1. The molecule has 124 valence electrons. The van der Waals surface area contributed by atoms with E-state index in [-0.39, 0.29) is 18.2 Å². The summed E-state index contributed by atoms with van der Waals surface area (Å²) in [5.41, 5.74) is 0.196. The van der Waals surface area contributed by atoms with Crippen LogP contribution in [-0.2, 0) is 14.4 Å². The lowest BCUT2D eigenvalue weighted by atomic mass is 9.89. The number of amides is 2. The highest BCUT2D eigenvalue weighted by Crippen LogP contribution is 2.25. The second-order valence-corrected chi connectivity index (χ2v) is 6.47. The van der Waals surface area contributed by atoms with E-state index in [1.807, 2.05) is 6.07 Å². The summed E-state index contributed by atoms with van der Waals surface area (Å²) in [7, 11) is 0. The van der Waals surface area contributed by atoms with Crippen LogP contribution in [0.5, 0.6) is 0 Å². The van der Waals surface area contributed by atoms with Gasteiger partial charge in [-0.3, -0.25) is 14.4 Å². The van der Waals surface area contributed by atoms with E-state index in [0.717, 1.165) is 18.5 Å². The summed E-state index contributed by atoms with van der Waals surface area (Å²) in [6, 6.07) is 7.08. The van der Waals surface area contributed by atoms with Crippen molar-refractivity contribution in [2.45, 2.75) is 39.5 Å². The largest absolute Gasteiger partial charge is 0.481 e. The highest BCUT2D eigenvalue weighted by Gasteiger charge is 2.30. The van der Waals surface area contributed by atoms with E-state index in [4.69, 9.17) is 5.11 Å². The molecule has 0 aliphatic carbocycles. The Balaban J connectivity index is 2.06. The molecular formula is C17H22N2O4. The molecule has 0 bridgehead atoms. The van der Waals surface area contributed by atoms with Gasteiger partial charge in [-0.1, -0.05) is 6.07 Å². The van der Waals surface area contributed by atoms with Gasteiger partial charge in [0.15, 0.2) is 0 Å². The molecular weight excluding hydrogens is 296 g/mol. The summed E-state index contributed by atoms with van der Waals surface area (Å²) < 4.78 is 0. The fraction of sp³-hybridized carbons (Fsp3) is 0.471.